The van der Waals surface area contributed by atoms with E-state index in [0.29, 0.717) is 24.5 Å². The second-order valence-corrected chi connectivity index (χ2v) is 5.95. The van der Waals surface area contributed by atoms with Crippen LogP contribution in [-0.2, 0) is 11.4 Å². The Morgan fingerprint density at radius 2 is 1.96 bits per heavy atom. The van der Waals surface area contributed by atoms with E-state index in [1.165, 1.54) is 4.57 Å². The molecule has 0 saturated carbocycles. The van der Waals surface area contributed by atoms with Gasteiger partial charge in [-0.1, -0.05) is 49.9 Å². The fraction of sp³-hybridized carbons (Fsp3) is 0.300. The van der Waals surface area contributed by atoms with Gasteiger partial charge in [0.25, 0.3) is 0 Å². The summed E-state index contributed by atoms with van der Waals surface area (Å²) in [5.41, 5.74) is 1.75. The highest BCUT2D eigenvalue weighted by Crippen LogP contribution is 2.29. The number of aromatic nitrogens is 2. The van der Waals surface area contributed by atoms with Crippen LogP contribution in [0.5, 0.6) is 5.88 Å². The van der Waals surface area contributed by atoms with Crippen molar-refractivity contribution in [3.8, 4) is 11.6 Å². The number of oxime groups is 1. The molecule has 138 valence electrons. The fourth-order valence-corrected chi connectivity index (χ4v) is 2.67. The van der Waals surface area contributed by atoms with E-state index in [4.69, 9.17) is 4.84 Å². The van der Waals surface area contributed by atoms with Gasteiger partial charge in [-0.2, -0.15) is 0 Å². The molecular weight excluding hydrogens is 330 g/mol. The zero-order valence-electron chi connectivity index (χ0n) is 15.3. The third-order valence-electron chi connectivity index (χ3n) is 4.16. The van der Waals surface area contributed by atoms with Gasteiger partial charge in [-0.05, 0) is 24.1 Å². The molecule has 0 bridgehead atoms. The highest BCUT2D eigenvalue weighted by molar-refractivity contribution is 5.79. The van der Waals surface area contributed by atoms with E-state index in [9.17, 15) is 9.90 Å². The van der Waals surface area contributed by atoms with Crippen molar-refractivity contribution in [1.29, 1.82) is 0 Å². The largest absolute Gasteiger partial charge is 0.493 e. The zero-order chi connectivity index (χ0) is 19.1. The molecule has 6 heteroatoms. The lowest BCUT2D eigenvalue weighted by Crippen LogP contribution is -2.24. The summed E-state index contributed by atoms with van der Waals surface area (Å²) in [5, 5.41) is 14.5. The summed E-state index contributed by atoms with van der Waals surface area (Å²) in [7, 11) is 0. The van der Waals surface area contributed by atoms with Crippen LogP contribution in [0.2, 0.25) is 0 Å². The van der Waals surface area contributed by atoms with E-state index in [-0.39, 0.29) is 17.5 Å². The summed E-state index contributed by atoms with van der Waals surface area (Å²) in [4.78, 5) is 17.8. The van der Waals surface area contributed by atoms with Gasteiger partial charge in [0, 0.05) is 12.5 Å². The Morgan fingerprint density at radius 3 is 2.54 bits per heavy atom. The lowest BCUT2D eigenvalue weighted by Gasteiger charge is -2.11. The maximum absolute atomic E-state index is 12.8. The first kappa shape index (κ1) is 19.3. The molecule has 6 nitrogen and oxygen atoms in total. The van der Waals surface area contributed by atoms with Gasteiger partial charge in [0.15, 0.2) is 0 Å². The SMILES string of the molecule is C=CCON=Cc1ccc(-n2c(O)c(C(C)CC)n(CC=C)c2=O)cc1. The summed E-state index contributed by atoms with van der Waals surface area (Å²) in [6, 6.07) is 7.12. The van der Waals surface area contributed by atoms with Gasteiger partial charge in [0.2, 0.25) is 5.88 Å². The Labute approximate surface area is 153 Å². The monoisotopic (exact) mass is 355 g/mol. The maximum atomic E-state index is 12.8. The Balaban J connectivity index is 2.42. The van der Waals surface area contributed by atoms with Crippen LogP contribution in [0.25, 0.3) is 5.69 Å². The Kier molecular flexibility index (Phi) is 6.60. The van der Waals surface area contributed by atoms with Gasteiger partial charge >= 0.3 is 5.69 Å². The molecule has 1 N–H and O–H groups in total. The summed E-state index contributed by atoms with van der Waals surface area (Å²) >= 11 is 0. The lowest BCUT2D eigenvalue weighted by atomic mass is 10.1. The molecule has 2 aromatic rings. The van der Waals surface area contributed by atoms with Gasteiger partial charge in [0.1, 0.15) is 6.61 Å². The molecule has 1 atom stereocenters. The molecule has 0 spiro atoms. The minimum atomic E-state index is -0.284. The molecule has 0 saturated heterocycles. The molecule has 0 amide bonds. The standard InChI is InChI=1S/C20H25N3O3/c1-5-12-22-18(15(4)7-3)19(24)23(20(22)25)17-10-8-16(9-11-17)14-21-26-13-6-2/h5-6,8-11,14-15,24H,1-2,7,12-13H2,3-4H3. The molecule has 0 radical (unpaired) electrons. The van der Waals surface area contributed by atoms with E-state index in [1.54, 1.807) is 47.2 Å². The molecule has 0 fully saturated rings. The minimum absolute atomic E-state index is 0.0260. The van der Waals surface area contributed by atoms with Crippen molar-refractivity contribution >= 4 is 6.21 Å². The lowest BCUT2D eigenvalue weighted by molar-refractivity contribution is 0.176. The summed E-state index contributed by atoms with van der Waals surface area (Å²) < 4.78 is 2.88. The normalized spacial score (nSPS) is 12.2. The van der Waals surface area contributed by atoms with Crippen molar-refractivity contribution in [3.05, 3.63) is 71.3 Å². The second kappa shape index (κ2) is 8.89. The zero-order valence-corrected chi connectivity index (χ0v) is 15.3. The second-order valence-electron chi connectivity index (χ2n) is 5.95. The first-order valence-corrected chi connectivity index (χ1v) is 8.57. The number of aromatic hydroxyl groups is 1. The fourth-order valence-electron chi connectivity index (χ4n) is 2.67. The molecule has 0 aliphatic heterocycles. The number of allylic oxidation sites excluding steroid dienone is 1. The van der Waals surface area contributed by atoms with E-state index in [0.717, 1.165) is 12.0 Å². The molecule has 0 aliphatic carbocycles. The molecule has 2 rings (SSSR count). The molecule has 0 aliphatic rings. The number of hydrogen-bond donors (Lipinski definition) is 1. The van der Waals surface area contributed by atoms with Crippen LogP contribution >= 0.6 is 0 Å². The van der Waals surface area contributed by atoms with Gasteiger partial charge in [-0.25, -0.2) is 9.36 Å². The predicted molar refractivity (Wildman–Crippen MR) is 104 cm³/mol. The van der Waals surface area contributed by atoms with Gasteiger partial charge in [-0.3, -0.25) is 4.57 Å². The summed E-state index contributed by atoms with van der Waals surface area (Å²) in [5.74, 6) is 0.0271. The van der Waals surface area contributed by atoms with Gasteiger partial charge < -0.3 is 9.94 Å². The molecular formula is C20H25N3O3. The number of nitrogens with zero attached hydrogens (tertiary/aromatic N) is 3. The van der Waals surface area contributed by atoms with E-state index < -0.39 is 0 Å². The average Bonchev–Trinajstić information content (AvgIpc) is 2.89. The van der Waals surface area contributed by atoms with Crippen molar-refractivity contribution in [2.75, 3.05) is 6.61 Å². The number of benzene rings is 1. The van der Waals surface area contributed by atoms with Gasteiger partial charge in [-0.15, -0.1) is 6.58 Å². The Hall–Kier alpha value is -3.02. The van der Waals surface area contributed by atoms with E-state index >= 15 is 0 Å². The quantitative estimate of drug-likeness (QED) is 0.323. The summed E-state index contributed by atoms with van der Waals surface area (Å²) in [6.45, 7) is 11.9. The van der Waals surface area contributed by atoms with E-state index in [2.05, 4.69) is 18.3 Å². The average molecular weight is 355 g/mol. The van der Waals surface area contributed by atoms with Crippen molar-refractivity contribution in [2.45, 2.75) is 32.7 Å². The predicted octanol–water partition coefficient (Wildman–Crippen LogP) is 3.58. The molecule has 1 aromatic carbocycles. The first-order valence-electron chi connectivity index (χ1n) is 8.57. The van der Waals surface area contributed by atoms with Crippen LogP contribution in [0.1, 0.15) is 37.4 Å². The Bertz CT molecular complexity index is 844. The molecule has 1 unspecified atom stereocenters. The third-order valence-corrected chi connectivity index (χ3v) is 4.16. The van der Waals surface area contributed by atoms with Crippen LogP contribution in [0.3, 0.4) is 0 Å². The Morgan fingerprint density at radius 1 is 1.27 bits per heavy atom. The maximum Gasteiger partial charge on any atom is 0.336 e. The van der Waals surface area contributed by atoms with Crippen molar-refractivity contribution < 1.29 is 9.94 Å². The topological polar surface area (TPSA) is 68.8 Å². The van der Waals surface area contributed by atoms with E-state index in [1.807, 2.05) is 13.8 Å². The number of imidazole rings is 1. The van der Waals surface area contributed by atoms with Crippen molar-refractivity contribution in [3.63, 3.8) is 0 Å². The van der Waals surface area contributed by atoms with Crippen LogP contribution in [0.4, 0.5) is 0 Å². The molecule has 1 heterocycles. The van der Waals surface area contributed by atoms with Crippen LogP contribution in [0, 0.1) is 0 Å². The minimum Gasteiger partial charge on any atom is -0.493 e. The highest BCUT2D eigenvalue weighted by atomic mass is 16.6. The van der Waals surface area contributed by atoms with Crippen LogP contribution < -0.4 is 5.69 Å². The smallest absolute Gasteiger partial charge is 0.336 e. The highest BCUT2D eigenvalue weighted by Gasteiger charge is 2.23. The molecule has 26 heavy (non-hydrogen) atoms. The summed E-state index contributed by atoms with van der Waals surface area (Å²) in [6.07, 6.45) is 5.65. The number of hydrogen-bond acceptors (Lipinski definition) is 4. The first-order chi connectivity index (χ1) is 12.5. The number of rotatable bonds is 9. The van der Waals surface area contributed by atoms with Crippen LogP contribution in [0.15, 0.2) is 59.5 Å². The van der Waals surface area contributed by atoms with Crippen LogP contribution in [-0.4, -0.2) is 27.1 Å². The van der Waals surface area contributed by atoms with Crippen molar-refractivity contribution in [2.24, 2.45) is 5.16 Å². The molecule has 1 aromatic heterocycles. The third kappa shape index (κ3) is 3.96. The van der Waals surface area contributed by atoms with Crippen molar-refractivity contribution in [1.82, 2.24) is 9.13 Å². The van der Waals surface area contributed by atoms with Gasteiger partial charge in [0.05, 0.1) is 17.6 Å².